The lowest BCUT2D eigenvalue weighted by Gasteiger charge is -2.04. The van der Waals surface area contributed by atoms with Crippen molar-refractivity contribution < 1.29 is 4.74 Å². The molecule has 0 spiro atoms. The van der Waals surface area contributed by atoms with E-state index in [-0.39, 0.29) is 5.69 Å². The molecular formula is C11H17N3O2. The summed E-state index contributed by atoms with van der Waals surface area (Å²) in [6.07, 6.45) is 3.40. The lowest BCUT2D eigenvalue weighted by atomic mass is 10.1. The second-order valence-corrected chi connectivity index (χ2v) is 4.89. The van der Waals surface area contributed by atoms with Crippen LogP contribution in [-0.4, -0.2) is 27.6 Å². The highest BCUT2D eigenvalue weighted by atomic mass is 16.5. The zero-order chi connectivity index (χ0) is 11.1. The van der Waals surface area contributed by atoms with E-state index in [1.807, 2.05) is 7.05 Å². The molecule has 1 atom stereocenters. The Morgan fingerprint density at radius 1 is 1.44 bits per heavy atom. The Labute approximate surface area is 94.0 Å². The fraction of sp³-hybridized carbons (Fsp3) is 0.818. The maximum atomic E-state index is 11.9. The highest BCUT2D eigenvalue weighted by molar-refractivity contribution is 5.04. The van der Waals surface area contributed by atoms with Gasteiger partial charge in [0.2, 0.25) is 0 Å². The summed E-state index contributed by atoms with van der Waals surface area (Å²) in [6, 6.07) is 0. The lowest BCUT2D eigenvalue weighted by Crippen LogP contribution is -2.26. The average molecular weight is 223 g/mol. The van der Waals surface area contributed by atoms with Gasteiger partial charge in [-0.2, -0.15) is 5.10 Å². The summed E-state index contributed by atoms with van der Waals surface area (Å²) in [5, 5.41) is 4.45. The van der Waals surface area contributed by atoms with Gasteiger partial charge >= 0.3 is 5.69 Å². The van der Waals surface area contributed by atoms with Crippen molar-refractivity contribution in [3.8, 4) is 0 Å². The fourth-order valence-corrected chi connectivity index (χ4v) is 2.29. The van der Waals surface area contributed by atoms with Crippen molar-refractivity contribution in [1.29, 1.82) is 0 Å². The largest absolute Gasteiger partial charge is 0.381 e. The van der Waals surface area contributed by atoms with Crippen molar-refractivity contribution in [2.24, 2.45) is 13.0 Å². The number of nitrogens with zero attached hydrogens (tertiary/aromatic N) is 3. The van der Waals surface area contributed by atoms with Crippen LogP contribution in [0.4, 0.5) is 0 Å². The van der Waals surface area contributed by atoms with Crippen LogP contribution in [0.25, 0.3) is 0 Å². The van der Waals surface area contributed by atoms with Gasteiger partial charge in [-0.15, -0.1) is 0 Å². The summed E-state index contributed by atoms with van der Waals surface area (Å²) >= 11 is 0. The van der Waals surface area contributed by atoms with E-state index in [4.69, 9.17) is 4.74 Å². The smallest absolute Gasteiger partial charge is 0.345 e. The molecule has 1 aliphatic heterocycles. The van der Waals surface area contributed by atoms with E-state index >= 15 is 0 Å². The Kier molecular flexibility index (Phi) is 2.35. The molecule has 0 N–H and O–H groups in total. The molecule has 2 aliphatic rings. The summed E-state index contributed by atoms with van der Waals surface area (Å²) in [7, 11) is 1.82. The van der Waals surface area contributed by atoms with Crippen LogP contribution in [0.2, 0.25) is 0 Å². The van der Waals surface area contributed by atoms with Crippen LogP contribution in [0.3, 0.4) is 0 Å². The highest BCUT2D eigenvalue weighted by Gasteiger charge is 2.30. The quantitative estimate of drug-likeness (QED) is 0.749. The Morgan fingerprint density at radius 2 is 2.25 bits per heavy atom. The zero-order valence-electron chi connectivity index (χ0n) is 9.56. The molecular weight excluding hydrogens is 206 g/mol. The Balaban J connectivity index is 1.83. The van der Waals surface area contributed by atoms with Crippen molar-refractivity contribution in [3.05, 3.63) is 16.3 Å². The van der Waals surface area contributed by atoms with Gasteiger partial charge in [0.15, 0.2) is 0 Å². The van der Waals surface area contributed by atoms with Crippen molar-refractivity contribution in [1.82, 2.24) is 14.3 Å². The summed E-state index contributed by atoms with van der Waals surface area (Å²) in [5.74, 6) is 1.95. The molecule has 3 rings (SSSR count). The standard InChI is InChI=1S/C11H17N3O2/c1-13-10(9-2-3-9)12-14(11(13)15)6-8-4-5-16-7-8/h8-9H,2-7H2,1H3/t8-/m1/s1. The van der Waals surface area contributed by atoms with Crippen LogP contribution in [0.15, 0.2) is 4.79 Å². The van der Waals surface area contributed by atoms with Crippen molar-refractivity contribution in [2.75, 3.05) is 13.2 Å². The Bertz CT molecular complexity index is 439. The molecule has 0 aromatic carbocycles. The number of aromatic nitrogens is 3. The van der Waals surface area contributed by atoms with Gasteiger partial charge in [0.1, 0.15) is 5.82 Å². The monoisotopic (exact) mass is 223 g/mol. The van der Waals surface area contributed by atoms with Crippen LogP contribution in [0, 0.1) is 5.92 Å². The summed E-state index contributed by atoms with van der Waals surface area (Å²) in [4.78, 5) is 11.9. The van der Waals surface area contributed by atoms with E-state index in [2.05, 4.69) is 5.10 Å². The first-order valence-corrected chi connectivity index (χ1v) is 5.97. The Morgan fingerprint density at radius 3 is 2.88 bits per heavy atom. The van der Waals surface area contributed by atoms with Crippen molar-refractivity contribution in [2.45, 2.75) is 31.7 Å². The maximum absolute atomic E-state index is 11.9. The number of hydrogen-bond acceptors (Lipinski definition) is 3. The summed E-state index contributed by atoms with van der Waals surface area (Å²) in [6.45, 7) is 2.29. The molecule has 0 unspecified atom stereocenters. The van der Waals surface area contributed by atoms with E-state index in [9.17, 15) is 4.79 Å². The van der Waals surface area contributed by atoms with Crippen LogP contribution < -0.4 is 5.69 Å². The van der Waals surface area contributed by atoms with Crippen LogP contribution in [0.5, 0.6) is 0 Å². The van der Waals surface area contributed by atoms with Crippen LogP contribution >= 0.6 is 0 Å². The zero-order valence-corrected chi connectivity index (χ0v) is 9.56. The molecule has 0 bridgehead atoms. The molecule has 5 nitrogen and oxygen atoms in total. The lowest BCUT2D eigenvalue weighted by molar-refractivity contribution is 0.181. The third-order valence-corrected chi connectivity index (χ3v) is 3.47. The van der Waals surface area contributed by atoms with E-state index in [0.29, 0.717) is 18.4 Å². The first-order valence-electron chi connectivity index (χ1n) is 5.97. The molecule has 16 heavy (non-hydrogen) atoms. The molecule has 2 heterocycles. The first kappa shape index (κ1) is 10.1. The third-order valence-electron chi connectivity index (χ3n) is 3.47. The topological polar surface area (TPSA) is 49.0 Å². The van der Waals surface area contributed by atoms with Gasteiger partial charge in [-0.1, -0.05) is 0 Å². The first-order chi connectivity index (χ1) is 7.75. The van der Waals surface area contributed by atoms with Gasteiger partial charge in [-0.25, -0.2) is 9.48 Å². The molecule has 0 radical (unpaired) electrons. The minimum absolute atomic E-state index is 0.0220. The van der Waals surface area contributed by atoms with E-state index in [0.717, 1.165) is 25.5 Å². The predicted octanol–water partition coefficient (Wildman–Crippen LogP) is 0.496. The van der Waals surface area contributed by atoms with Gasteiger partial charge in [0, 0.05) is 25.5 Å². The molecule has 88 valence electrons. The second-order valence-electron chi connectivity index (χ2n) is 4.89. The van der Waals surface area contributed by atoms with Crippen LogP contribution in [-0.2, 0) is 18.3 Å². The van der Waals surface area contributed by atoms with Crippen LogP contribution in [0.1, 0.15) is 31.0 Å². The Hall–Kier alpha value is -1.10. The van der Waals surface area contributed by atoms with E-state index in [1.54, 1.807) is 9.25 Å². The van der Waals surface area contributed by atoms with Gasteiger partial charge < -0.3 is 4.74 Å². The van der Waals surface area contributed by atoms with Gasteiger partial charge in [0.25, 0.3) is 0 Å². The molecule has 1 aromatic rings. The summed E-state index contributed by atoms with van der Waals surface area (Å²) in [5.41, 5.74) is 0.0220. The maximum Gasteiger partial charge on any atom is 0.345 e. The molecule has 2 fully saturated rings. The molecule has 5 heteroatoms. The molecule has 1 aromatic heterocycles. The number of hydrogen-bond donors (Lipinski definition) is 0. The second kappa shape index (κ2) is 3.73. The average Bonchev–Trinajstić information content (AvgIpc) is 2.93. The van der Waals surface area contributed by atoms with E-state index < -0.39 is 0 Å². The number of rotatable bonds is 3. The minimum Gasteiger partial charge on any atom is -0.381 e. The fourth-order valence-electron chi connectivity index (χ4n) is 2.29. The molecule has 1 saturated heterocycles. The number of ether oxygens (including phenoxy) is 1. The minimum atomic E-state index is 0.0220. The van der Waals surface area contributed by atoms with Gasteiger partial charge in [-0.3, -0.25) is 4.57 Å². The van der Waals surface area contributed by atoms with Gasteiger partial charge in [0.05, 0.1) is 13.2 Å². The van der Waals surface area contributed by atoms with Crippen molar-refractivity contribution >= 4 is 0 Å². The predicted molar refractivity (Wildman–Crippen MR) is 58.4 cm³/mol. The van der Waals surface area contributed by atoms with Gasteiger partial charge in [-0.05, 0) is 19.3 Å². The third kappa shape index (κ3) is 1.69. The summed E-state index contributed by atoms with van der Waals surface area (Å²) < 4.78 is 8.64. The molecule has 1 saturated carbocycles. The molecule has 0 amide bonds. The SMILES string of the molecule is Cn1c(C2CC2)nn(C[C@H]2CCOC2)c1=O. The highest BCUT2D eigenvalue weighted by Crippen LogP contribution is 2.38. The molecule has 1 aliphatic carbocycles. The van der Waals surface area contributed by atoms with Crippen molar-refractivity contribution in [3.63, 3.8) is 0 Å². The normalized spacial score (nSPS) is 25.2. The van der Waals surface area contributed by atoms with E-state index in [1.165, 1.54) is 12.8 Å².